The molecule has 0 bridgehead atoms. The molecule has 1 heterocycles. The Hall–Kier alpha value is -3.09. The third-order valence-electron chi connectivity index (χ3n) is 4.86. The van der Waals surface area contributed by atoms with Crippen molar-refractivity contribution in [1.82, 2.24) is 9.99 Å². The molecule has 2 aromatic carbocycles. The van der Waals surface area contributed by atoms with Gasteiger partial charge in [-0.3, -0.25) is 9.59 Å². The van der Waals surface area contributed by atoms with E-state index >= 15 is 0 Å². The van der Waals surface area contributed by atoms with Crippen LogP contribution in [0.1, 0.15) is 28.1 Å². The number of hydrazone groups is 1. The normalized spacial score (nSPS) is 11.0. The van der Waals surface area contributed by atoms with Crippen molar-refractivity contribution in [3.63, 3.8) is 0 Å². The molecule has 0 aliphatic carbocycles. The number of rotatable bonds is 4. The molecule has 0 atom stereocenters. The number of hydrogen-bond donors (Lipinski definition) is 2. The Labute approximate surface area is 190 Å². The fourth-order valence-electron chi connectivity index (χ4n) is 3.21. The van der Waals surface area contributed by atoms with E-state index in [4.69, 9.17) is 23.2 Å². The molecule has 2 N–H and O–H groups in total. The molecule has 0 aliphatic heterocycles. The van der Waals surface area contributed by atoms with Crippen molar-refractivity contribution in [2.75, 3.05) is 5.32 Å². The summed E-state index contributed by atoms with van der Waals surface area (Å²) in [5.41, 5.74) is 7.99. The summed E-state index contributed by atoms with van der Waals surface area (Å²) < 4.78 is 1.95. The van der Waals surface area contributed by atoms with Gasteiger partial charge in [0.15, 0.2) is 0 Å². The van der Waals surface area contributed by atoms with Gasteiger partial charge in [0, 0.05) is 22.6 Å². The average Bonchev–Trinajstić information content (AvgIpc) is 3.00. The predicted molar refractivity (Wildman–Crippen MR) is 126 cm³/mol. The SMILES string of the molecule is Cc1ccc(C)c(NC(=O)C(=O)N/N=C\c2cc(C)n(-c3cccc(Cl)c3Cl)c2C)c1. The molecule has 8 heteroatoms. The standard InChI is InChI=1S/C23H22Cl2N4O2/c1-13-8-9-14(2)19(10-13)27-22(30)23(31)28-26-12-17-11-15(3)29(16(17)4)20-7-5-6-18(24)21(20)25/h5-12H,1-4H3,(H,27,30)(H,28,31)/b26-12-. The minimum Gasteiger partial charge on any atom is -0.317 e. The van der Waals surface area contributed by atoms with Crippen LogP contribution in [0.25, 0.3) is 5.69 Å². The van der Waals surface area contributed by atoms with Crippen LogP contribution in [0.5, 0.6) is 0 Å². The quantitative estimate of drug-likeness (QED) is 0.325. The second-order valence-corrected chi connectivity index (χ2v) is 7.99. The highest BCUT2D eigenvalue weighted by Crippen LogP contribution is 2.31. The van der Waals surface area contributed by atoms with Gasteiger partial charge in [-0.2, -0.15) is 5.10 Å². The molecule has 160 valence electrons. The number of anilines is 1. The summed E-state index contributed by atoms with van der Waals surface area (Å²) in [6.45, 7) is 7.60. The molecular weight excluding hydrogens is 435 g/mol. The molecule has 0 radical (unpaired) electrons. The Bertz CT molecular complexity index is 1200. The van der Waals surface area contributed by atoms with E-state index in [9.17, 15) is 9.59 Å². The number of benzene rings is 2. The molecule has 31 heavy (non-hydrogen) atoms. The second kappa shape index (κ2) is 9.37. The van der Waals surface area contributed by atoms with E-state index in [-0.39, 0.29) is 0 Å². The first kappa shape index (κ1) is 22.6. The summed E-state index contributed by atoms with van der Waals surface area (Å²) in [6, 6.07) is 12.9. The van der Waals surface area contributed by atoms with Crippen molar-refractivity contribution in [2.24, 2.45) is 5.10 Å². The number of nitrogens with one attached hydrogen (secondary N) is 2. The summed E-state index contributed by atoms with van der Waals surface area (Å²) in [7, 11) is 0. The molecule has 6 nitrogen and oxygen atoms in total. The van der Waals surface area contributed by atoms with Gasteiger partial charge in [0.05, 0.1) is 21.9 Å². The fraction of sp³-hybridized carbons (Fsp3) is 0.174. The number of nitrogens with zero attached hydrogens (tertiary/aromatic N) is 2. The Balaban J connectivity index is 1.72. The average molecular weight is 457 g/mol. The Kier molecular flexibility index (Phi) is 6.83. The molecule has 2 amide bonds. The highest BCUT2D eigenvalue weighted by atomic mass is 35.5. The topological polar surface area (TPSA) is 75.5 Å². The van der Waals surface area contributed by atoms with E-state index in [1.807, 2.05) is 62.6 Å². The van der Waals surface area contributed by atoms with Crippen LogP contribution in [0, 0.1) is 27.7 Å². The molecule has 0 unspecified atom stereocenters. The van der Waals surface area contributed by atoms with Crippen LogP contribution in [0.3, 0.4) is 0 Å². The zero-order valence-corrected chi connectivity index (χ0v) is 19.1. The Morgan fingerprint density at radius 2 is 1.74 bits per heavy atom. The van der Waals surface area contributed by atoms with Gasteiger partial charge in [-0.15, -0.1) is 0 Å². The Morgan fingerprint density at radius 3 is 2.48 bits per heavy atom. The van der Waals surface area contributed by atoms with Gasteiger partial charge >= 0.3 is 11.8 Å². The monoisotopic (exact) mass is 456 g/mol. The lowest BCUT2D eigenvalue weighted by molar-refractivity contribution is -0.136. The zero-order valence-electron chi connectivity index (χ0n) is 17.6. The van der Waals surface area contributed by atoms with Gasteiger partial charge in [0.2, 0.25) is 0 Å². The molecule has 1 aromatic heterocycles. The van der Waals surface area contributed by atoms with Gasteiger partial charge in [-0.05, 0) is 63.1 Å². The van der Waals surface area contributed by atoms with Crippen LogP contribution in [0.2, 0.25) is 10.0 Å². The van der Waals surface area contributed by atoms with Gasteiger partial charge < -0.3 is 9.88 Å². The third-order valence-corrected chi connectivity index (χ3v) is 5.67. The molecule has 0 spiro atoms. The van der Waals surface area contributed by atoms with Gasteiger partial charge in [0.25, 0.3) is 0 Å². The molecule has 0 aliphatic rings. The van der Waals surface area contributed by atoms with Crippen molar-refractivity contribution in [2.45, 2.75) is 27.7 Å². The van der Waals surface area contributed by atoms with E-state index < -0.39 is 11.8 Å². The molecule has 3 rings (SSSR count). The van der Waals surface area contributed by atoms with Crippen molar-refractivity contribution in [3.05, 3.63) is 80.6 Å². The molecule has 0 saturated heterocycles. The second-order valence-electron chi connectivity index (χ2n) is 7.21. The number of aryl methyl sites for hydroxylation is 3. The maximum Gasteiger partial charge on any atom is 0.329 e. The van der Waals surface area contributed by atoms with Crippen molar-refractivity contribution >= 4 is 46.9 Å². The van der Waals surface area contributed by atoms with Gasteiger partial charge in [0.1, 0.15) is 0 Å². The summed E-state index contributed by atoms with van der Waals surface area (Å²) in [5, 5.41) is 7.45. The summed E-state index contributed by atoms with van der Waals surface area (Å²) in [5.74, 6) is -1.65. The molecule has 0 fully saturated rings. The van der Waals surface area contributed by atoms with Crippen LogP contribution < -0.4 is 10.7 Å². The van der Waals surface area contributed by atoms with Crippen molar-refractivity contribution in [1.29, 1.82) is 0 Å². The molecule has 0 saturated carbocycles. The zero-order chi connectivity index (χ0) is 22.7. The van der Waals surface area contributed by atoms with E-state index in [1.165, 1.54) is 6.21 Å². The lowest BCUT2D eigenvalue weighted by atomic mass is 10.1. The maximum absolute atomic E-state index is 12.2. The molecule has 3 aromatic rings. The first-order valence-electron chi connectivity index (χ1n) is 9.54. The maximum atomic E-state index is 12.2. The van der Waals surface area contributed by atoms with Crippen LogP contribution in [-0.2, 0) is 9.59 Å². The van der Waals surface area contributed by atoms with Crippen molar-refractivity contribution < 1.29 is 9.59 Å². The lowest BCUT2D eigenvalue weighted by Crippen LogP contribution is -2.32. The van der Waals surface area contributed by atoms with Gasteiger partial charge in [-0.1, -0.05) is 41.4 Å². The molecular formula is C23H22Cl2N4O2. The first-order valence-corrected chi connectivity index (χ1v) is 10.3. The number of carbonyl (C=O) groups is 2. The van der Waals surface area contributed by atoms with Crippen molar-refractivity contribution in [3.8, 4) is 5.69 Å². The van der Waals surface area contributed by atoms with E-state index in [1.54, 1.807) is 12.1 Å². The minimum atomic E-state index is -0.858. The summed E-state index contributed by atoms with van der Waals surface area (Å²) in [4.78, 5) is 24.3. The van der Waals surface area contributed by atoms with Crippen LogP contribution in [0.4, 0.5) is 5.69 Å². The van der Waals surface area contributed by atoms with E-state index in [0.717, 1.165) is 33.8 Å². The number of hydrogen-bond acceptors (Lipinski definition) is 3. The fourth-order valence-corrected chi connectivity index (χ4v) is 3.59. The third kappa shape index (κ3) is 4.98. The highest BCUT2D eigenvalue weighted by molar-refractivity contribution is 6.43. The Morgan fingerprint density at radius 1 is 1.00 bits per heavy atom. The highest BCUT2D eigenvalue weighted by Gasteiger charge is 2.16. The lowest BCUT2D eigenvalue weighted by Gasteiger charge is -2.12. The smallest absolute Gasteiger partial charge is 0.317 e. The largest absolute Gasteiger partial charge is 0.329 e. The van der Waals surface area contributed by atoms with Crippen LogP contribution in [-0.4, -0.2) is 22.6 Å². The number of aromatic nitrogens is 1. The van der Waals surface area contributed by atoms with E-state index in [2.05, 4.69) is 15.8 Å². The van der Waals surface area contributed by atoms with Crippen LogP contribution in [0.15, 0.2) is 47.6 Å². The van der Waals surface area contributed by atoms with E-state index in [0.29, 0.717) is 15.7 Å². The number of carbonyl (C=O) groups excluding carboxylic acids is 2. The first-order chi connectivity index (χ1) is 14.7. The minimum absolute atomic E-state index is 0.450. The van der Waals surface area contributed by atoms with Gasteiger partial charge in [-0.25, -0.2) is 5.43 Å². The predicted octanol–water partition coefficient (Wildman–Crippen LogP) is 5.11. The number of amides is 2. The summed E-state index contributed by atoms with van der Waals surface area (Å²) in [6.07, 6.45) is 1.49. The number of halogens is 2. The van der Waals surface area contributed by atoms with Crippen LogP contribution >= 0.6 is 23.2 Å². The summed E-state index contributed by atoms with van der Waals surface area (Å²) >= 11 is 12.5.